The number of hydrogen-bond donors (Lipinski definition) is 1. The molecule has 1 amide bonds. The predicted molar refractivity (Wildman–Crippen MR) is 76.2 cm³/mol. The molecule has 20 heavy (non-hydrogen) atoms. The molecule has 1 N–H and O–H groups in total. The topological polar surface area (TPSA) is 60.9 Å². The summed E-state index contributed by atoms with van der Waals surface area (Å²) in [5.41, 5.74) is 1.53. The van der Waals surface area contributed by atoms with Gasteiger partial charge in [0.2, 0.25) is 0 Å². The lowest BCUT2D eigenvalue weighted by molar-refractivity contribution is -0.138. The second-order valence-electron chi connectivity index (χ2n) is 4.98. The molecule has 0 radical (unpaired) electrons. The van der Waals surface area contributed by atoms with Gasteiger partial charge in [0.15, 0.2) is 0 Å². The highest BCUT2D eigenvalue weighted by Gasteiger charge is 2.23. The summed E-state index contributed by atoms with van der Waals surface area (Å²) < 4.78 is 0. The minimum absolute atomic E-state index is 0.0261. The molecule has 1 aliphatic heterocycles. The lowest BCUT2D eigenvalue weighted by Gasteiger charge is -2.33. The average molecular weight is 297 g/mol. The van der Waals surface area contributed by atoms with E-state index in [-0.39, 0.29) is 12.5 Å². The number of carbonyl (C=O) groups excluding carboxylic acids is 1. The zero-order valence-electron chi connectivity index (χ0n) is 11.3. The summed E-state index contributed by atoms with van der Waals surface area (Å²) in [7, 11) is 0. The first-order valence-electron chi connectivity index (χ1n) is 6.46. The van der Waals surface area contributed by atoms with Crippen LogP contribution in [0.4, 0.5) is 0 Å². The third-order valence-electron chi connectivity index (χ3n) is 3.31. The summed E-state index contributed by atoms with van der Waals surface area (Å²) in [6.07, 6.45) is 0. The summed E-state index contributed by atoms with van der Waals surface area (Å²) in [6, 6.07) is 5.29. The number of nitrogens with zero attached hydrogens (tertiary/aromatic N) is 2. The van der Waals surface area contributed by atoms with Crippen LogP contribution < -0.4 is 0 Å². The first kappa shape index (κ1) is 14.8. The fourth-order valence-electron chi connectivity index (χ4n) is 2.34. The molecule has 1 fully saturated rings. The summed E-state index contributed by atoms with van der Waals surface area (Å²) in [6.45, 7) is 4.16. The van der Waals surface area contributed by atoms with Crippen molar-refractivity contribution in [2.45, 2.75) is 6.92 Å². The van der Waals surface area contributed by atoms with E-state index in [9.17, 15) is 9.59 Å². The van der Waals surface area contributed by atoms with Crippen LogP contribution in [0.3, 0.4) is 0 Å². The molecule has 0 unspecified atom stereocenters. The highest BCUT2D eigenvalue weighted by Crippen LogP contribution is 2.17. The average Bonchev–Trinajstić information content (AvgIpc) is 2.37. The number of aryl methyl sites for hydroxylation is 1. The molecule has 1 saturated heterocycles. The SMILES string of the molecule is Cc1cc(Cl)cc(C(=O)N2CCN(CC(=O)O)CC2)c1. The Bertz CT molecular complexity index is 505. The first-order valence-corrected chi connectivity index (χ1v) is 6.84. The molecule has 0 saturated carbocycles. The van der Waals surface area contributed by atoms with Gasteiger partial charge in [-0.15, -0.1) is 0 Å². The van der Waals surface area contributed by atoms with Gasteiger partial charge in [-0.1, -0.05) is 11.6 Å². The van der Waals surface area contributed by atoms with E-state index in [0.717, 1.165) is 5.56 Å². The van der Waals surface area contributed by atoms with Crippen LogP contribution in [0, 0.1) is 6.92 Å². The predicted octanol–water partition coefficient (Wildman–Crippen LogP) is 1.49. The fraction of sp³-hybridized carbons (Fsp3) is 0.429. The van der Waals surface area contributed by atoms with Crippen LogP contribution >= 0.6 is 11.6 Å². The van der Waals surface area contributed by atoms with Gasteiger partial charge in [-0.05, 0) is 30.7 Å². The van der Waals surface area contributed by atoms with Crippen molar-refractivity contribution < 1.29 is 14.7 Å². The first-order chi connectivity index (χ1) is 9.45. The number of benzene rings is 1. The van der Waals surface area contributed by atoms with E-state index in [2.05, 4.69) is 0 Å². The molecular weight excluding hydrogens is 280 g/mol. The minimum Gasteiger partial charge on any atom is -0.480 e. The molecule has 1 heterocycles. The molecule has 108 valence electrons. The van der Waals surface area contributed by atoms with Crippen molar-refractivity contribution in [2.24, 2.45) is 0 Å². The summed E-state index contributed by atoms with van der Waals surface area (Å²) >= 11 is 5.97. The maximum absolute atomic E-state index is 12.4. The Kier molecular flexibility index (Phi) is 4.62. The van der Waals surface area contributed by atoms with E-state index < -0.39 is 5.97 Å². The molecule has 2 rings (SSSR count). The number of rotatable bonds is 3. The Morgan fingerprint density at radius 1 is 1.20 bits per heavy atom. The van der Waals surface area contributed by atoms with Crippen LogP contribution in [0.15, 0.2) is 18.2 Å². The number of hydrogen-bond acceptors (Lipinski definition) is 3. The number of carboxylic acid groups (broad SMARTS) is 1. The van der Waals surface area contributed by atoms with Crippen LogP contribution in [0.2, 0.25) is 5.02 Å². The molecule has 0 spiro atoms. The molecule has 0 aromatic heterocycles. The van der Waals surface area contributed by atoms with Gasteiger partial charge in [0, 0.05) is 36.8 Å². The van der Waals surface area contributed by atoms with Gasteiger partial charge >= 0.3 is 5.97 Å². The van der Waals surface area contributed by atoms with Gasteiger partial charge in [-0.25, -0.2) is 0 Å². The smallest absolute Gasteiger partial charge is 0.317 e. The molecule has 0 aliphatic carbocycles. The number of piperazine rings is 1. The number of carboxylic acids is 1. The van der Waals surface area contributed by atoms with Gasteiger partial charge in [-0.2, -0.15) is 0 Å². The number of amides is 1. The van der Waals surface area contributed by atoms with Crippen LogP contribution in [-0.2, 0) is 4.79 Å². The van der Waals surface area contributed by atoms with Gasteiger partial charge < -0.3 is 10.0 Å². The lowest BCUT2D eigenvalue weighted by Crippen LogP contribution is -2.49. The minimum atomic E-state index is -0.838. The molecule has 0 atom stereocenters. The molecule has 1 aliphatic rings. The normalized spacial score (nSPS) is 16.2. The Morgan fingerprint density at radius 3 is 2.40 bits per heavy atom. The Labute approximate surface area is 122 Å². The second-order valence-corrected chi connectivity index (χ2v) is 5.42. The van der Waals surface area contributed by atoms with Crippen molar-refractivity contribution in [3.63, 3.8) is 0 Å². The zero-order chi connectivity index (χ0) is 14.7. The second kappa shape index (κ2) is 6.24. The van der Waals surface area contributed by atoms with Crippen LogP contribution in [0.5, 0.6) is 0 Å². The maximum atomic E-state index is 12.4. The van der Waals surface area contributed by atoms with E-state index in [1.165, 1.54) is 0 Å². The fourth-order valence-corrected chi connectivity index (χ4v) is 2.63. The summed E-state index contributed by atoms with van der Waals surface area (Å²) in [5.74, 6) is -0.888. The van der Waals surface area contributed by atoms with E-state index in [1.54, 1.807) is 11.0 Å². The molecule has 0 bridgehead atoms. The van der Waals surface area contributed by atoms with Crippen molar-refractivity contribution in [2.75, 3.05) is 32.7 Å². The van der Waals surface area contributed by atoms with Crippen molar-refractivity contribution in [3.8, 4) is 0 Å². The standard InChI is InChI=1S/C14H17ClN2O3/c1-10-6-11(8-12(15)7-10)14(20)17-4-2-16(3-5-17)9-13(18)19/h6-8H,2-5,9H2,1H3,(H,18,19). The number of carbonyl (C=O) groups is 2. The van der Waals surface area contributed by atoms with Crippen molar-refractivity contribution in [3.05, 3.63) is 34.3 Å². The summed E-state index contributed by atoms with van der Waals surface area (Å²) in [5, 5.41) is 9.30. The van der Waals surface area contributed by atoms with Crippen LogP contribution in [-0.4, -0.2) is 59.5 Å². The Balaban J connectivity index is 1.99. The highest BCUT2D eigenvalue weighted by molar-refractivity contribution is 6.31. The lowest BCUT2D eigenvalue weighted by atomic mass is 10.1. The quantitative estimate of drug-likeness (QED) is 0.918. The number of aliphatic carboxylic acids is 1. The van der Waals surface area contributed by atoms with Crippen LogP contribution in [0.25, 0.3) is 0 Å². The maximum Gasteiger partial charge on any atom is 0.317 e. The van der Waals surface area contributed by atoms with E-state index >= 15 is 0 Å². The van der Waals surface area contributed by atoms with Crippen molar-refractivity contribution >= 4 is 23.5 Å². The van der Waals surface area contributed by atoms with Gasteiger partial charge in [0.25, 0.3) is 5.91 Å². The third-order valence-corrected chi connectivity index (χ3v) is 3.53. The summed E-state index contributed by atoms with van der Waals surface area (Å²) in [4.78, 5) is 26.6. The van der Waals surface area contributed by atoms with Gasteiger partial charge in [-0.3, -0.25) is 14.5 Å². The molecule has 1 aromatic carbocycles. The molecular formula is C14H17ClN2O3. The van der Waals surface area contributed by atoms with Crippen molar-refractivity contribution in [1.82, 2.24) is 9.80 Å². The van der Waals surface area contributed by atoms with Crippen molar-refractivity contribution in [1.29, 1.82) is 0 Å². The monoisotopic (exact) mass is 296 g/mol. The third kappa shape index (κ3) is 3.71. The Hall–Kier alpha value is -1.59. The van der Waals surface area contributed by atoms with Gasteiger partial charge in [0.05, 0.1) is 6.54 Å². The zero-order valence-corrected chi connectivity index (χ0v) is 12.1. The van der Waals surface area contributed by atoms with E-state index in [4.69, 9.17) is 16.7 Å². The molecule has 6 heteroatoms. The number of halogens is 1. The van der Waals surface area contributed by atoms with E-state index in [0.29, 0.717) is 36.8 Å². The van der Waals surface area contributed by atoms with E-state index in [1.807, 2.05) is 24.0 Å². The largest absolute Gasteiger partial charge is 0.480 e. The van der Waals surface area contributed by atoms with Gasteiger partial charge in [0.1, 0.15) is 0 Å². The highest BCUT2D eigenvalue weighted by atomic mass is 35.5. The van der Waals surface area contributed by atoms with Crippen LogP contribution in [0.1, 0.15) is 15.9 Å². The Morgan fingerprint density at radius 2 is 1.85 bits per heavy atom. The molecule has 5 nitrogen and oxygen atoms in total. The molecule has 1 aromatic rings.